The number of aromatic nitrogens is 2. The van der Waals surface area contributed by atoms with Crippen LogP contribution in [0.2, 0.25) is 0 Å². The molecule has 0 spiro atoms. The molecule has 0 unspecified atom stereocenters. The van der Waals surface area contributed by atoms with Gasteiger partial charge in [-0.25, -0.2) is 4.68 Å². The Morgan fingerprint density at radius 2 is 1.82 bits per heavy atom. The largest absolute Gasteiger partial charge is 2.00 e. The van der Waals surface area contributed by atoms with E-state index in [9.17, 15) is 13.2 Å². The van der Waals surface area contributed by atoms with Crippen molar-refractivity contribution in [1.82, 2.24) is 9.36 Å². The summed E-state index contributed by atoms with van der Waals surface area (Å²) in [6.45, 7) is 1.72. The first kappa shape index (κ1) is 18.8. The fourth-order valence-corrected chi connectivity index (χ4v) is 2.92. The molecule has 0 aliphatic rings. The summed E-state index contributed by atoms with van der Waals surface area (Å²) >= 11 is 0. The van der Waals surface area contributed by atoms with Crippen molar-refractivity contribution in [3.05, 3.63) is 46.4 Å². The summed E-state index contributed by atoms with van der Waals surface area (Å²) in [5.41, 5.74) is 1.18. The minimum Gasteiger partial charge on any atom is -1.00 e. The van der Waals surface area contributed by atoms with Gasteiger partial charge in [0.1, 0.15) is 11.6 Å². The van der Waals surface area contributed by atoms with E-state index < -0.39 is 16.0 Å². The maximum Gasteiger partial charge on any atom is 2.00 e. The number of rotatable bonds is 4. The predicted octanol–water partition coefficient (Wildman–Crippen LogP) is 0.610. The minimum atomic E-state index is -4.20. The molecule has 0 aliphatic carbocycles. The molecule has 0 radical (unpaired) electrons. The van der Waals surface area contributed by atoms with E-state index in [1.54, 1.807) is 30.8 Å². The summed E-state index contributed by atoms with van der Waals surface area (Å²) in [5, 5.41) is 0. The van der Waals surface area contributed by atoms with Crippen molar-refractivity contribution in [3.8, 4) is 5.69 Å². The van der Waals surface area contributed by atoms with E-state index >= 15 is 0 Å². The molecule has 1 aromatic carbocycles. The summed E-state index contributed by atoms with van der Waals surface area (Å²) in [4.78, 5) is 13.8. The van der Waals surface area contributed by atoms with Crippen LogP contribution in [0.4, 0.5) is 5.69 Å². The van der Waals surface area contributed by atoms with Crippen molar-refractivity contribution in [2.45, 2.75) is 6.92 Å². The summed E-state index contributed by atoms with van der Waals surface area (Å²) in [6, 6.07) is 9.04. The number of nitrogens with zero attached hydrogens (tertiary/aromatic N) is 3. The standard InChI is InChI=1S/C13H17N3O4S.Mg.2H/c1-10-12(14(2)9-21(18,19)20)13(17)16(15(10)3)11-7-5-4-6-8-11;;;/h4-8H,9H2,1-3H3,(H,18,19,20);;;/q;+2;2*-1. The van der Waals surface area contributed by atoms with Crippen LogP contribution < -0.4 is 10.5 Å². The van der Waals surface area contributed by atoms with E-state index in [0.29, 0.717) is 11.4 Å². The molecular formula is C13H19MgN3O4S. The van der Waals surface area contributed by atoms with Crippen LogP contribution in [0, 0.1) is 6.92 Å². The van der Waals surface area contributed by atoms with Gasteiger partial charge in [0.05, 0.1) is 11.4 Å². The van der Waals surface area contributed by atoms with Crippen LogP contribution in [0.3, 0.4) is 0 Å². The zero-order chi connectivity index (χ0) is 15.8. The Hall–Kier alpha value is -1.29. The van der Waals surface area contributed by atoms with Crippen LogP contribution in [0.25, 0.3) is 5.69 Å². The van der Waals surface area contributed by atoms with Gasteiger partial charge in [-0.15, -0.1) is 0 Å². The zero-order valence-corrected chi connectivity index (χ0v) is 15.0. The number of anilines is 1. The second-order valence-electron chi connectivity index (χ2n) is 4.82. The molecule has 2 aromatic rings. The Balaban J connectivity index is 0. The van der Waals surface area contributed by atoms with Crippen LogP contribution in [0.15, 0.2) is 35.1 Å². The van der Waals surface area contributed by atoms with Crippen molar-refractivity contribution in [3.63, 3.8) is 0 Å². The second kappa shape index (κ2) is 6.86. The van der Waals surface area contributed by atoms with Crippen molar-refractivity contribution in [2.75, 3.05) is 17.8 Å². The molecule has 9 heteroatoms. The number of hydrogen-bond acceptors (Lipinski definition) is 4. The van der Waals surface area contributed by atoms with Crippen molar-refractivity contribution < 1.29 is 15.8 Å². The zero-order valence-electron chi connectivity index (χ0n) is 14.7. The molecule has 0 saturated heterocycles. The molecule has 1 aromatic heterocycles. The molecule has 0 fully saturated rings. The number of para-hydroxylation sites is 1. The van der Waals surface area contributed by atoms with E-state index in [1.807, 2.05) is 18.2 Å². The molecule has 0 aliphatic heterocycles. The topological polar surface area (TPSA) is 84.5 Å². The summed E-state index contributed by atoms with van der Waals surface area (Å²) in [6.07, 6.45) is 0. The number of benzene rings is 1. The van der Waals surface area contributed by atoms with Gasteiger partial charge in [-0.2, -0.15) is 8.42 Å². The monoisotopic (exact) mass is 337 g/mol. The Kier molecular flexibility index (Phi) is 5.85. The SMILES string of the molecule is Cc1c(N(C)CS(=O)(=O)O)c(=O)n(-c2ccccc2)n1C.[H-].[H-].[Mg+2]. The van der Waals surface area contributed by atoms with Gasteiger partial charge in [0, 0.05) is 14.1 Å². The molecule has 0 atom stereocenters. The van der Waals surface area contributed by atoms with Gasteiger partial charge in [0.25, 0.3) is 15.7 Å². The molecule has 22 heavy (non-hydrogen) atoms. The third kappa shape index (κ3) is 3.72. The van der Waals surface area contributed by atoms with E-state index in [-0.39, 0.29) is 37.2 Å². The van der Waals surface area contributed by atoms with Gasteiger partial charge in [0.2, 0.25) is 0 Å². The summed E-state index contributed by atoms with van der Waals surface area (Å²) < 4.78 is 34.0. The third-order valence-electron chi connectivity index (χ3n) is 3.26. The first-order valence-corrected chi connectivity index (χ1v) is 7.83. The van der Waals surface area contributed by atoms with E-state index in [1.165, 1.54) is 16.6 Å². The van der Waals surface area contributed by atoms with Crippen molar-refractivity contribution >= 4 is 38.9 Å². The van der Waals surface area contributed by atoms with Gasteiger partial charge in [-0.05, 0) is 19.1 Å². The van der Waals surface area contributed by atoms with Crippen LogP contribution in [0.5, 0.6) is 0 Å². The Bertz CT molecular complexity index is 822. The minimum absolute atomic E-state index is 0. The number of hydrogen-bond donors (Lipinski definition) is 1. The molecular weight excluding hydrogens is 319 g/mol. The maximum absolute atomic E-state index is 12.6. The van der Waals surface area contributed by atoms with E-state index in [4.69, 9.17) is 4.55 Å². The van der Waals surface area contributed by atoms with Crippen molar-refractivity contribution in [2.24, 2.45) is 7.05 Å². The quantitative estimate of drug-likeness (QED) is 0.653. The average molecular weight is 338 g/mol. The fraction of sp³-hybridized carbons (Fsp3) is 0.308. The first-order chi connectivity index (χ1) is 9.72. The third-order valence-corrected chi connectivity index (χ3v) is 3.98. The van der Waals surface area contributed by atoms with Crippen LogP contribution in [-0.2, 0) is 17.2 Å². The van der Waals surface area contributed by atoms with Gasteiger partial charge < -0.3 is 7.75 Å². The summed E-state index contributed by atoms with van der Waals surface area (Å²) in [7, 11) is -1.04. The van der Waals surface area contributed by atoms with Gasteiger partial charge in [-0.1, -0.05) is 18.2 Å². The molecule has 118 valence electrons. The molecule has 0 saturated carbocycles. The average Bonchev–Trinajstić information content (AvgIpc) is 2.59. The van der Waals surface area contributed by atoms with E-state index in [0.717, 1.165) is 0 Å². The Labute approximate surface area is 148 Å². The van der Waals surface area contributed by atoms with Gasteiger partial charge in [0.15, 0.2) is 0 Å². The van der Waals surface area contributed by atoms with Crippen LogP contribution in [-0.4, -0.2) is 58.3 Å². The normalized spacial score (nSPS) is 11.1. The second-order valence-corrected chi connectivity index (χ2v) is 6.24. The Morgan fingerprint density at radius 1 is 1.27 bits per heavy atom. The predicted molar refractivity (Wildman–Crippen MR) is 88.5 cm³/mol. The van der Waals surface area contributed by atoms with Gasteiger partial charge in [-0.3, -0.25) is 14.0 Å². The molecule has 1 N–H and O–H groups in total. The molecule has 0 amide bonds. The smallest absolute Gasteiger partial charge is 1.00 e. The van der Waals surface area contributed by atoms with Crippen LogP contribution in [0.1, 0.15) is 8.55 Å². The molecule has 2 rings (SSSR count). The van der Waals surface area contributed by atoms with Gasteiger partial charge >= 0.3 is 23.1 Å². The fourth-order valence-electron chi connectivity index (χ4n) is 2.30. The van der Waals surface area contributed by atoms with Crippen LogP contribution >= 0.6 is 0 Å². The molecule has 1 heterocycles. The maximum atomic E-state index is 12.6. The Morgan fingerprint density at radius 3 is 2.32 bits per heavy atom. The molecule has 7 nitrogen and oxygen atoms in total. The summed E-state index contributed by atoms with van der Waals surface area (Å²) in [5.74, 6) is -0.637. The van der Waals surface area contributed by atoms with E-state index in [2.05, 4.69) is 0 Å². The first-order valence-electron chi connectivity index (χ1n) is 6.22. The van der Waals surface area contributed by atoms with Crippen molar-refractivity contribution in [1.29, 1.82) is 0 Å². The molecule has 0 bridgehead atoms.